The Labute approximate surface area is 386 Å². The van der Waals surface area contributed by atoms with E-state index in [0.717, 1.165) is 18.6 Å². The SMILES string of the molecule is CCCCSC(=S)S.CCCCSC(=S)S.[NaH].[NaH].[NaH].[NaH].[NaH].[NaH].[NaH].[NaH].[NaH]. The Bertz CT molecular complexity index is 184. The fourth-order valence-corrected chi connectivity index (χ4v) is 2.87. The molecular formula is C10H29Na9S6. The summed E-state index contributed by atoms with van der Waals surface area (Å²) in [5.41, 5.74) is 0. The molecular weight excluding hydrogens is 519 g/mol. The van der Waals surface area contributed by atoms with Gasteiger partial charge >= 0.3 is 266 Å². The minimum absolute atomic E-state index is 0. The summed E-state index contributed by atoms with van der Waals surface area (Å²) in [6, 6.07) is 0. The molecule has 0 saturated heterocycles. The van der Waals surface area contributed by atoms with Gasteiger partial charge in [-0.1, -0.05) is 51.1 Å². The Morgan fingerprint density at radius 1 is 0.600 bits per heavy atom. The number of unbranched alkanes of at least 4 members (excludes halogenated alkanes) is 2. The predicted octanol–water partition coefficient (Wildman–Crippen LogP) is -0.368. The summed E-state index contributed by atoms with van der Waals surface area (Å²) in [6.45, 7) is 4.34. The predicted molar refractivity (Wildman–Crippen MR) is 162 cm³/mol. The molecule has 0 saturated carbocycles. The van der Waals surface area contributed by atoms with E-state index in [-0.39, 0.29) is 266 Å². The molecule has 0 nitrogen and oxygen atoms in total. The molecule has 0 atom stereocenters. The maximum absolute atomic E-state index is 4.74. The summed E-state index contributed by atoms with van der Waals surface area (Å²) in [6.07, 6.45) is 4.96. The number of thiol groups is 2. The summed E-state index contributed by atoms with van der Waals surface area (Å²) in [4.78, 5) is 0. The molecule has 0 bridgehead atoms. The van der Waals surface area contributed by atoms with Crippen molar-refractivity contribution in [2.75, 3.05) is 11.5 Å². The average Bonchev–Trinajstić information content (AvgIpc) is 2.18. The van der Waals surface area contributed by atoms with E-state index in [9.17, 15) is 0 Å². The summed E-state index contributed by atoms with van der Waals surface area (Å²) in [5, 5.41) is 0. The molecule has 0 aliphatic rings. The van der Waals surface area contributed by atoms with Gasteiger partial charge in [0.1, 0.15) is 7.06 Å². The van der Waals surface area contributed by atoms with E-state index >= 15 is 0 Å². The van der Waals surface area contributed by atoms with Crippen LogP contribution in [0.4, 0.5) is 0 Å². The van der Waals surface area contributed by atoms with Crippen molar-refractivity contribution >= 4 is 346 Å². The Morgan fingerprint density at radius 3 is 0.920 bits per heavy atom. The Hall–Kier alpha value is 10.6. The molecule has 0 aromatic carbocycles. The van der Waals surface area contributed by atoms with Crippen LogP contribution in [0.3, 0.4) is 0 Å². The molecule has 0 aromatic rings. The first-order valence-corrected chi connectivity index (χ1v) is 8.94. The van der Waals surface area contributed by atoms with Crippen molar-refractivity contribution in [2.24, 2.45) is 0 Å². The monoisotopic (exact) mass is 548 g/mol. The van der Waals surface area contributed by atoms with E-state index < -0.39 is 0 Å². The average molecular weight is 549 g/mol. The molecule has 0 aliphatic carbocycles. The van der Waals surface area contributed by atoms with E-state index in [0.29, 0.717) is 0 Å². The number of rotatable bonds is 6. The summed E-state index contributed by atoms with van der Waals surface area (Å²) in [7, 11) is 0. The Balaban J connectivity index is -0.0000000128. The van der Waals surface area contributed by atoms with Crippen LogP contribution in [0, 0.1) is 0 Å². The molecule has 0 rings (SSSR count). The maximum atomic E-state index is 4.74. The Morgan fingerprint density at radius 2 is 0.800 bits per heavy atom. The summed E-state index contributed by atoms with van der Waals surface area (Å²) < 4.78 is 1.52. The van der Waals surface area contributed by atoms with Crippen molar-refractivity contribution in [3.63, 3.8) is 0 Å². The molecule has 0 fully saturated rings. The first-order chi connectivity index (χ1) is 7.54. The molecule has 0 aliphatic heterocycles. The molecule has 0 unspecified atom stereocenters. The Kier molecular flexibility index (Phi) is 182. The van der Waals surface area contributed by atoms with E-state index in [4.69, 9.17) is 24.4 Å². The molecule has 0 radical (unpaired) electrons. The zero-order valence-corrected chi connectivity index (χ0v) is 14.8. The van der Waals surface area contributed by atoms with E-state index in [2.05, 4.69) is 39.1 Å². The van der Waals surface area contributed by atoms with E-state index in [1.54, 1.807) is 23.5 Å². The summed E-state index contributed by atoms with van der Waals surface area (Å²) >= 11 is 20.7. The molecule has 0 heterocycles. The van der Waals surface area contributed by atoms with Crippen LogP contribution in [0.1, 0.15) is 39.5 Å². The van der Waals surface area contributed by atoms with Gasteiger partial charge < -0.3 is 0 Å². The van der Waals surface area contributed by atoms with Crippen molar-refractivity contribution in [1.82, 2.24) is 0 Å². The summed E-state index contributed by atoms with van der Waals surface area (Å²) in [5.74, 6) is 2.25. The third-order valence-corrected chi connectivity index (χ3v) is 4.41. The molecule has 25 heavy (non-hydrogen) atoms. The van der Waals surface area contributed by atoms with Gasteiger partial charge in [0.25, 0.3) is 0 Å². The number of hydrogen-bond donors (Lipinski definition) is 2. The zero-order chi connectivity index (χ0) is 12.8. The second kappa shape index (κ2) is 64.5. The van der Waals surface area contributed by atoms with E-state index in [1.807, 2.05) is 0 Å². The topological polar surface area (TPSA) is 0 Å². The molecule has 0 aromatic heterocycles. The van der Waals surface area contributed by atoms with Gasteiger partial charge in [-0.3, -0.25) is 0 Å². The van der Waals surface area contributed by atoms with E-state index in [1.165, 1.54) is 25.7 Å². The fourth-order valence-electron chi connectivity index (χ4n) is 0.608. The number of thioether (sulfide) groups is 2. The number of hydrogen-bond acceptors (Lipinski definition) is 4. The minimum atomic E-state index is 0. The zero-order valence-electron chi connectivity index (χ0n) is 9.77. The fraction of sp³-hybridized carbons (Fsp3) is 0.800. The molecule has 0 N–H and O–H groups in total. The van der Waals surface area contributed by atoms with Crippen LogP contribution in [0.5, 0.6) is 0 Å². The van der Waals surface area contributed by atoms with Crippen LogP contribution in [0.2, 0.25) is 0 Å². The van der Waals surface area contributed by atoms with Gasteiger partial charge in [-0.2, -0.15) is 0 Å². The van der Waals surface area contributed by atoms with Crippen LogP contribution in [-0.4, -0.2) is 285 Å². The second-order valence-electron chi connectivity index (χ2n) is 2.94. The van der Waals surface area contributed by atoms with Gasteiger partial charge in [-0.05, 0) is 24.3 Å². The third-order valence-electron chi connectivity index (χ3n) is 1.45. The quantitative estimate of drug-likeness (QED) is 0.201. The van der Waals surface area contributed by atoms with Crippen molar-refractivity contribution in [1.29, 1.82) is 0 Å². The molecule has 0 spiro atoms. The third kappa shape index (κ3) is 86.7. The van der Waals surface area contributed by atoms with Crippen LogP contribution in [-0.2, 0) is 0 Å². The first-order valence-electron chi connectivity index (χ1n) is 5.26. The first kappa shape index (κ1) is 70.4. The van der Waals surface area contributed by atoms with Crippen molar-refractivity contribution in [3.8, 4) is 0 Å². The van der Waals surface area contributed by atoms with Gasteiger partial charge in [0.15, 0.2) is 0 Å². The van der Waals surface area contributed by atoms with Crippen molar-refractivity contribution < 1.29 is 0 Å². The molecule has 0 amide bonds. The van der Waals surface area contributed by atoms with Crippen LogP contribution >= 0.6 is 73.2 Å². The second-order valence-corrected chi connectivity index (χ2v) is 8.58. The van der Waals surface area contributed by atoms with Crippen molar-refractivity contribution in [2.45, 2.75) is 39.5 Å². The van der Waals surface area contributed by atoms with Gasteiger partial charge in [-0.25, -0.2) is 0 Å². The van der Waals surface area contributed by atoms with Crippen LogP contribution in [0.25, 0.3) is 0 Å². The van der Waals surface area contributed by atoms with Gasteiger partial charge in [0.2, 0.25) is 0 Å². The number of thiocarbonyl (C=S) groups is 2. The normalized spacial score (nSPS) is 5.92. The van der Waals surface area contributed by atoms with Gasteiger partial charge in [-0.15, -0.1) is 48.8 Å². The van der Waals surface area contributed by atoms with Gasteiger partial charge in [0, 0.05) is 0 Å². The van der Waals surface area contributed by atoms with Crippen LogP contribution < -0.4 is 0 Å². The molecule has 15 heteroatoms. The standard InChI is InChI=1S/2C5H10S3.9Na.9H/c2*1-2-3-4-8-5(6)7;;;;;;;;;;;;;;;;;;/h2*2-4H2,1H3,(H,6,7);;;;;;;;;;;;;;;;;;. The van der Waals surface area contributed by atoms with Crippen molar-refractivity contribution in [3.05, 3.63) is 0 Å². The molecule has 114 valence electrons. The van der Waals surface area contributed by atoms with Gasteiger partial charge in [0.05, 0.1) is 0 Å². The van der Waals surface area contributed by atoms with Crippen LogP contribution in [0.15, 0.2) is 0 Å².